The van der Waals surface area contributed by atoms with Crippen molar-refractivity contribution in [3.8, 4) is 0 Å². The van der Waals surface area contributed by atoms with Gasteiger partial charge in [-0.3, -0.25) is 9.48 Å². The molecule has 0 fully saturated rings. The third-order valence-corrected chi connectivity index (χ3v) is 5.80. The van der Waals surface area contributed by atoms with Crippen molar-refractivity contribution in [1.82, 2.24) is 20.0 Å². The molecule has 9 nitrogen and oxygen atoms in total. The second kappa shape index (κ2) is 7.61. The van der Waals surface area contributed by atoms with Crippen LogP contribution >= 0.6 is 31.9 Å². The Morgan fingerprint density at radius 2 is 2.07 bits per heavy atom. The van der Waals surface area contributed by atoms with Gasteiger partial charge in [-0.1, -0.05) is 17.2 Å². The number of hydrogen-bond acceptors (Lipinski definition) is 5. The normalized spacial score (nSPS) is 10.8. The minimum absolute atomic E-state index is 0.00801. The van der Waals surface area contributed by atoms with Crippen LogP contribution in [0.25, 0.3) is 0 Å². The molecule has 0 spiro atoms. The van der Waals surface area contributed by atoms with Crippen LogP contribution < -0.4 is 5.32 Å². The number of aromatic nitrogens is 4. The second-order valence-electron chi connectivity index (χ2n) is 5.79. The Morgan fingerprint density at radius 3 is 2.67 bits per heavy atom. The lowest BCUT2D eigenvalue weighted by atomic mass is 10.2. The zero-order valence-corrected chi connectivity index (χ0v) is 17.5. The zero-order chi connectivity index (χ0) is 19.7. The molecule has 0 aliphatic heterocycles. The van der Waals surface area contributed by atoms with Crippen molar-refractivity contribution in [2.75, 3.05) is 5.32 Å². The molecule has 0 radical (unpaired) electrons. The molecule has 1 amide bonds. The van der Waals surface area contributed by atoms with Gasteiger partial charge in [0.1, 0.15) is 4.47 Å². The first-order valence-corrected chi connectivity index (χ1v) is 9.34. The van der Waals surface area contributed by atoms with E-state index < -0.39 is 10.8 Å². The summed E-state index contributed by atoms with van der Waals surface area (Å²) in [5.74, 6) is -0.929. The number of nitrogens with one attached hydrogen (secondary N) is 2. The summed E-state index contributed by atoms with van der Waals surface area (Å²) < 4.78 is 2.85. The van der Waals surface area contributed by atoms with Crippen molar-refractivity contribution in [1.29, 1.82) is 0 Å². The van der Waals surface area contributed by atoms with Gasteiger partial charge in [-0.15, -0.1) is 5.10 Å². The molecule has 2 heterocycles. The van der Waals surface area contributed by atoms with Gasteiger partial charge in [-0.05, 0) is 68.3 Å². The van der Waals surface area contributed by atoms with Crippen LogP contribution in [0.5, 0.6) is 0 Å². The molecule has 0 bridgehead atoms. The number of H-pyrrole nitrogens is 1. The van der Waals surface area contributed by atoms with Gasteiger partial charge in [-0.25, -0.2) is 0 Å². The lowest BCUT2D eigenvalue weighted by Gasteiger charge is -2.08. The van der Waals surface area contributed by atoms with Crippen LogP contribution in [-0.2, 0) is 6.54 Å². The molecule has 0 aliphatic carbocycles. The van der Waals surface area contributed by atoms with E-state index in [0.717, 1.165) is 21.4 Å². The summed E-state index contributed by atoms with van der Waals surface area (Å²) in [6.07, 6.45) is 0. The summed E-state index contributed by atoms with van der Waals surface area (Å²) in [5, 5.41) is 23.9. The van der Waals surface area contributed by atoms with Crippen LogP contribution in [0, 0.1) is 24.0 Å². The summed E-state index contributed by atoms with van der Waals surface area (Å²) in [6, 6.07) is 7.29. The average Bonchev–Trinajstić information content (AvgIpc) is 3.11. The lowest BCUT2D eigenvalue weighted by molar-refractivity contribution is -0.390. The number of aryl methyl sites for hydroxylation is 1. The van der Waals surface area contributed by atoms with Crippen molar-refractivity contribution >= 4 is 49.3 Å². The highest BCUT2D eigenvalue weighted by Gasteiger charge is 2.24. The van der Waals surface area contributed by atoms with E-state index in [4.69, 9.17) is 0 Å². The molecule has 27 heavy (non-hydrogen) atoms. The number of amides is 1. The molecule has 1 aromatic carbocycles. The highest BCUT2D eigenvalue weighted by molar-refractivity contribution is 9.11. The number of hydrogen-bond donors (Lipinski definition) is 2. The number of carbonyl (C=O) groups is 1. The highest BCUT2D eigenvalue weighted by Crippen LogP contribution is 2.26. The number of carbonyl (C=O) groups excluding carboxylic acids is 1. The standard InChI is InChI=1S/C16H14Br2N6O3/c1-8-12(17)9(2)23(22-8)7-10-4-3-5-11(6-10)19-16(25)14-13(18)15(21-20-14)24(26)27/h3-6H,7H2,1-2H3,(H,19,25)(H,20,21). The molecule has 140 valence electrons. The lowest BCUT2D eigenvalue weighted by Crippen LogP contribution is -2.13. The van der Waals surface area contributed by atoms with Crippen LogP contribution in [0.3, 0.4) is 0 Å². The van der Waals surface area contributed by atoms with E-state index in [9.17, 15) is 14.9 Å². The molecule has 3 rings (SSSR count). The Bertz CT molecular complexity index is 1040. The fourth-order valence-corrected chi connectivity index (χ4v) is 3.32. The van der Waals surface area contributed by atoms with E-state index in [0.29, 0.717) is 12.2 Å². The number of rotatable bonds is 5. The molecule has 2 aromatic heterocycles. The average molecular weight is 498 g/mol. The predicted molar refractivity (Wildman–Crippen MR) is 106 cm³/mol. The number of nitro groups is 1. The molecule has 0 unspecified atom stereocenters. The minimum Gasteiger partial charge on any atom is -0.358 e. The molecule has 0 aliphatic rings. The monoisotopic (exact) mass is 496 g/mol. The smallest absolute Gasteiger partial charge is 0.357 e. The van der Waals surface area contributed by atoms with Crippen LogP contribution in [0.1, 0.15) is 27.4 Å². The van der Waals surface area contributed by atoms with Crippen molar-refractivity contribution in [2.24, 2.45) is 0 Å². The van der Waals surface area contributed by atoms with Gasteiger partial charge in [0.25, 0.3) is 5.91 Å². The van der Waals surface area contributed by atoms with E-state index in [-0.39, 0.29) is 16.0 Å². The molecule has 0 saturated carbocycles. The third-order valence-electron chi connectivity index (χ3n) is 3.90. The molecule has 0 atom stereocenters. The first-order valence-electron chi connectivity index (χ1n) is 7.76. The Hall–Kier alpha value is -2.53. The van der Waals surface area contributed by atoms with E-state index in [1.54, 1.807) is 6.07 Å². The number of nitrogens with zero attached hydrogens (tertiary/aromatic N) is 4. The zero-order valence-electron chi connectivity index (χ0n) is 14.3. The molecule has 2 N–H and O–H groups in total. The summed E-state index contributed by atoms with van der Waals surface area (Å²) in [6.45, 7) is 4.43. The number of benzene rings is 1. The quantitative estimate of drug-likeness (QED) is 0.408. The van der Waals surface area contributed by atoms with Crippen molar-refractivity contribution in [3.05, 3.63) is 66.0 Å². The molecular weight excluding hydrogens is 484 g/mol. The Balaban J connectivity index is 1.78. The summed E-state index contributed by atoms with van der Waals surface area (Å²) in [7, 11) is 0. The third kappa shape index (κ3) is 3.93. The van der Waals surface area contributed by atoms with Gasteiger partial charge in [0.2, 0.25) is 0 Å². The van der Waals surface area contributed by atoms with Gasteiger partial charge in [0.15, 0.2) is 5.69 Å². The highest BCUT2D eigenvalue weighted by atomic mass is 79.9. The van der Waals surface area contributed by atoms with Crippen LogP contribution in [0.2, 0.25) is 0 Å². The van der Waals surface area contributed by atoms with E-state index in [1.807, 2.05) is 36.7 Å². The van der Waals surface area contributed by atoms with Crippen LogP contribution in [-0.4, -0.2) is 30.8 Å². The van der Waals surface area contributed by atoms with Gasteiger partial charge in [-0.2, -0.15) is 5.10 Å². The van der Waals surface area contributed by atoms with E-state index >= 15 is 0 Å². The molecular formula is C16H14Br2N6O3. The van der Waals surface area contributed by atoms with Crippen molar-refractivity contribution in [2.45, 2.75) is 20.4 Å². The number of anilines is 1. The van der Waals surface area contributed by atoms with Gasteiger partial charge in [0, 0.05) is 5.69 Å². The fraction of sp³-hybridized carbons (Fsp3) is 0.188. The Labute approximate surface area is 170 Å². The van der Waals surface area contributed by atoms with Crippen molar-refractivity contribution in [3.63, 3.8) is 0 Å². The van der Waals surface area contributed by atoms with E-state index in [1.165, 1.54) is 0 Å². The van der Waals surface area contributed by atoms with Gasteiger partial charge >= 0.3 is 5.82 Å². The van der Waals surface area contributed by atoms with E-state index in [2.05, 4.69) is 52.5 Å². The Kier molecular flexibility index (Phi) is 5.42. The SMILES string of the molecule is Cc1nn(Cc2cccc(NC(=O)c3n[nH]c([N+](=O)[O-])c3Br)c2)c(C)c1Br. The first kappa shape index (κ1) is 19.2. The first-order chi connectivity index (χ1) is 12.8. The maximum Gasteiger partial charge on any atom is 0.357 e. The van der Waals surface area contributed by atoms with Crippen LogP contribution in [0.4, 0.5) is 11.5 Å². The second-order valence-corrected chi connectivity index (χ2v) is 7.37. The summed E-state index contributed by atoms with van der Waals surface area (Å²) in [4.78, 5) is 22.6. The summed E-state index contributed by atoms with van der Waals surface area (Å²) in [5.41, 5.74) is 3.32. The number of halogens is 2. The minimum atomic E-state index is -0.652. The maximum atomic E-state index is 12.4. The van der Waals surface area contributed by atoms with Crippen molar-refractivity contribution < 1.29 is 9.72 Å². The fourth-order valence-electron chi connectivity index (χ4n) is 2.53. The molecule has 0 saturated heterocycles. The molecule has 3 aromatic rings. The Morgan fingerprint density at radius 1 is 1.33 bits per heavy atom. The van der Waals surface area contributed by atoms with Crippen LogP contribution in [0.15, 0.2) is 33.2 Å². The largest absolute Gasteiger partial charge is 0.358 e. The van der Waals surface area contributed by atoms with Gasteiger partial charge < -0.3 is 15.4 Å². The predicted octanol–water partition coefficient (Wildman–Crippen LogP) is 3.96. The molecule has 11 heteroatoms. The number of aromatic amines is 1. The van der Waals surface area contributed by atoms with Gasteiger partial charge in [0.05, 0.1) is 22.4 Å². The maximum absolute atomic E-state index is 12.4. The topological polar surface area (TPSA) is 119 Å². The summed E-state index contributed by atoms with van der Waals surface area (Å²) >= 11 is 6.53.